The Labute approximate surface area is 185 Å². The molecule has 4 aromatic rings. The van der Waals surface area contributed by atoms with E-state index >= 15 is 0 Å². The van der Waals surface area contributed by atoms with Gasteiger partial charge in [0, 0.05) is 24.2 Å². The number of nitrogens with one attached hydrogen (secondary N) is 1. The summed E-state index contributed by atoms with van der Waals surface area (Å²) in [4.78, 5) is 3.40. The molecule has 2 aromatic carbocycles. The second-order valence-electron chi connectivity index (χ2n) is 5.37. The van der Waals surface area contributed by atoms with Gasteiger partial charge >= 0.3 is 0 Å². The van der Waals surface area contributed by atoms with E-state index in [2.05, 4.69) is 90.7 Å². The van der Waals surface area contributed by atoms with Gasteiger partial charge in [-0.3, -0.25) is 4.57 Å². The van der Waals surface area contributed by atoms with Gasteiger partial charge in [-0.1, -0.05) is 31.9 Å². The van der Waals surface area contributed by atoms with Gasteiger partial charge in [0.05, 0.1) is 15.5 Å². The number of rotatable bonds is 1. The first-order valence-electron chi connectivity index (χ1n) is 6.98. The Morgan fingerprint density at radius 2 is 1.64 bits per heavy atom. The van der Waals surface area contributed by atoms with Crippen molar-refractivity contribution in [3.05, 3.63) is 58.4 Å². The van der Waals surface area contributed by atoms with E-state index in [-0.39, 0.29) is 0 Å². The van der Waals surface area contributed by atoms with Crippen molar-refractivity contribution in [1.29, 1.82) is 5.26 Å². The van der Waals surface area contributed by atoms with Crippen molar-refractivity contribution in [3.8, 4) is 11.9 Å². The molecule has 0 aliphatic heterocycles. The number of benzene rings is 2. The molecule has 2 heterocycles. The fourth-order valence-corrected chi connectivity index (χ4v) is 5.66. The van der Waals surface area contributed by atoms with Crippen LogP contribution >= 0.6 is 79.6 Å². The third-order valence-corrected chi connectivity index (χ3v) is 7.62. The molecule has 0 fully saturated rings. The maximum Gasteiger partial charge on any atom is 0.134 e. The standard InChI is InChI=1S/C17H6Br5N3/c18-7-1-2-13-10(3-7)14(21)16(22)25(13)17-11(6-23)9-4-8(19)5-12(20)15(9)24-17/h1-5,24H. The Balaban J connectivity index is 2.17. The molecule has 0 bridgehead atoms. The molecule has 2 aromatic heterocycles. The van der Waals surface area contributed by atoms with Gasteiger partial charge in [-0.15, -0.1) is 0 Å². The minimum atomic E-state index is 0.588. The second-order valence-corrected chi connectivity index (χ2v) is 9.60. The van der Waals surface area contributed by atoms with Crippen LogP contribution in [0.1, 0.15) is 5.56 Å². The zero-order valence-electron chi connectivity index (χ0n) is 12.2. The van der Waals surface area contributed by atoms with E-state index in [1.54, 1.807) is 0 Å². The highest BCUT2D eigenvalue weighted by Gasteiger charge is 2.21. The molecule has 0 radical (unpaired) electrons. The van der Waals surface area contributed by atoms with Gasteiger partial charge in [-0.2, -0.15) is 5.26 Å². The number of nitriles is 1. The van der Waals surface area contributed by atoms with Crippen LogP contribution in [-0.2, 0) is 0 Å². The average Bonchev–Trinajstić information content (AvgIpc) is 3.04. The maximum atomic E-state index is 9.81. The van der Waals surface area contributed by atoms with Crippen molar-refractivity contribution in [2.45, 2.75) is 0 Å². The Morgan fingerprint density at radius 3 is 2.36 bits per heavy atom. The van der Waals surface area contributed by atoms with Crippen molar-refractivity contribution >= 4 is 101 Å². The lowest BCUT2D eigenvalue weighted by atomic mass is 10.2. The molecule has 0 saturated carbocycles. The van der Waals surface area contributed by atoms with Crippen LogP contribution in [0, 0.1) is 11.3 Å². The van der Waals surface area contributed by atoms with Crippen LogP contribution in [0.3, 0.4) is 0 Å². The first-order valence-corrected chi connectivity index (χ1v) is 10.9. The predicted molar refractivity (Wildman–Crippen MR) is 118 cm³/mol. The molecule has 0 aliphatic rings. The minimum Gasteiger partial charge on any atom is -0.339 e. The van der Waals surface area contributed by atoms with Crippen LogP contribution in [0.5, 0.6) is 0 Å². The predicted octanol–water partition coefficient (Wildman–Crippen LogP) is 7.80. The molecule has 0 amide bonds. The Kier molecular flexibility index (Phi) is 4.66. The molecule has 0 unspecified atom stereocenters. The average molecular weight is 652 g/mol. The summed E-state index contributed by atoms with van der Waals surface area (Å²) in [5.74, 6) is 0.723. The van der Waals surface area contributed by atoms with Gasteiger partial charge in [0.1, 0.15) is 22.1 Å². The SMILES string of the molecule is N#Cc1c(-n2c(Br)c(Br)c3cc(Br)ccc32)[nH]c2c(Br)cc(Br)cc12. The van der Waals surface area contributed by atoms with E-state index in [9.17, 15) is 5.26 Å². The van der Waals surface area contributed by atoms with E-state index in [0.29, 0.717) is 5.56 Å². The fraction of sp³-hybridized carbons (Fsp3) is 0. The monoisotopic (exact) mass is 647 g/mol. The van der Waals surface area contributed by atoms with Crippen molar-refractivity contribution in [3.63, 3.8) is 0 Å². The molecule has 1 N–H and O–H groups in total. The quantitative estimate of drug-likeness (QED) is 0.224. The smallest absolute Gasteiger partial charge is 0.134 e. The fourth-order valence-electron chi connectivity index (χ4n) is 2.90. The lowest BCUT2D eigenvalue weighted by molar-refractivity contribution is 1.04. The maximum absolute atomic E-state index is 9.81. The molecule has 3 nitrogen and oxygen atoms in total. The van der Waals surface area contributed by atoms with Gasteiger partial charge in [0.15, 0.2) is 0 Å². The molecule has 0 saturated heterocycles. The summed E-state index contributed by atoms with van der Waals surface area (Å²) in [6.07, 6.45) is 0. The van der Waals surface area contributed by atoms with Crippen LogP contribution in [0.25, 0.3) is 27.6 Å². The summed E-state index contributed by atoms with van der Waals surface area (Å²) < 4.78 is 6.59. The van der Waals surface area contributed by atoms with E-state index in [1.165, 1.54) is 0 Å². The number of fused-ring (bicyclic) bond motifs is 2. The Hall–Kier alpha value is -0.590. The summed E-state index contributed by atoms with van der Waals surface area (Å²) >= 11 is 17.9. The second kappa shape index (κ2) is 6.54. The van der Waals surface area contributed by atoms with Crippen LogP contribution in [0.4, 0.5) is 0 Å². The van der Waals surface area contributed by atoms with Crippen LogP contribution < -0.4 is 0 Å². The molecular formula is C17H6Br5N3. The van der Waals surface area contributed by atoms with Crippen LogP contribution in [-0.4, -0.2) is 9.55 Å². The molecule has 0 aliphatic carbocycles. The zero-order chi connectivity index (χ0) is 17.9. The van der Waals surface area contributed by atoms with Gasteiger partial charge in [-0.05, 0) is 78.1 Å². The molecule has 25 heavy (non-hydrogen) atoms. The number of aromatic amines is 1. The lowest BCUT2D eigenvalue weighted by Crippen LogP contribution is -1.97. The minimum absolute atomic E-state index is 0.588. The third-order valence-electron chi connectivity index (χ3n) is 3.95. The van der Waals surface area contributed by atoms with Crippen molar-refractivity contribution in [2.24, 2.45) is 0 Å². The first kappa shape index (κ1) is 17.8. The topological polar surface area (TPSA) is 44.5 Å². The van der Waals surface area contributed by atoms with E-state index in [0.717, 1.165) is 50.1 Å². The van der Waals surface area contributed by atoms with Crippen LogP contribution in [0.2, 0.25) is 0 Å². The molecule has 8 heteroatoms. The summed E-state index contributed by atoms with van der Waals surface area (Å²) in [6, 6.07) is 12.3. The van der Waals surface area contributed by atoms with E-state index < -0.39 is 0 Å². The van der Waals surface area contributed by atoms with Crippen molar-refractivity contribution in [1.82, 2.24) is 9.55 Å². The molecule has 0 spiro atoms. The number of H-pyrrole nitrogens is 1. The van der Waals surface area contributed by atoms with Gasteiger partial charge in [-0.25, -0.2) is 0 Å². The van der Waals surface area contributed by atoms with E-state index in [1.807, 2.05) is 34.9 Å². The van der Waals surface area contributed by atoms with E-state index in [4.69, 9.17) is 0 Å². The normalized spacial score (nSPS) is 11.4. The van der Waals surface area contributed by atoms with Gasteiger partial charge in [0.25, 0.3) is 0 Å². The van der Waals surface area contributed by atoms with Crippen molar-refractivity contribution in [2.75, 3.05) is 0 Å². The first-order chi connectivity index (χ1) is 11.9. The summed E-state index contributed by atoms with van der Waals surface area (Å²) in [5.41, 5.74) is 2.46. The zero-order valence-corrected chi connectivity index (χ0v) is 20.1. The highest BCUT2D eigenvalue weighted by Crippen LogP contribution is 2.41. The number of hydrogen-bond acceptors (Lipinski definition) is 1. The van der Waals surface area contributed by atoms with Crippen LogP contribution in [0.15, 0.2) is 52.8 Å². The Morgan fingerprint density at radius 1 is 0.920 bits per heavy atom. The highest BCUT2D eigenvalue weighted by atomic mass is 79.9. The highest BCUT2D eigenvalue weighted by molar-refractivity contribution is 9.13. The molecule has 124 valence electrons. The number of nitrogens with zero attached hydrogens (tertiary/aromatic N) is 2. The largest absolute Gasteiger partial charge is 0.339 e. The van der Waals surface area contributed by atoms with Crippen molar-refractivity contribution < 1.29 is 0 Å². The summed E-state index contributed by atoms with van der Waals surface area (Å²) in [6.45, 7) is 0. The summed E-state index contributed by atoms with van der Waals surface area (Å²) in [5, 5.41) is 11.7. The molecule has 0 atom stereocenters. The summed E-state index contributed by atoms with van der Waals surface area (Å²) in [7, 11) is 0. The number of hydrogen-bond donors (Lipinski definition) is 1. The molecule has 4 rings (SSSR count). The number of aromatic nitrogens is 2. The van der Waals surface area contributed by atoms with Gasteiger partial charge < -0.3 is 4.98 Å². The number of halogens is 5. The lowest BCUT2D eigenvalue weighted by Gasteiger charge is -2.05. The Bertz CT molecular complexity index is 1210. The molecular weight excluding hydrogens is 646 g/mol. The third kappa shape index (κ3) is 2.76. The van der Waals surface area contributed by atoms with Gasteiger partial charge in [0.2, 0.25) is 0 Å².